The van der Waals surface area contributed by atoms with Crippen LogP contribution in [0.4, 0.5) is 0 Å². The number of rotatable bonds is 1. The van der Waals surface area contributed by atoms with Crippen molar-refractivity contribution in [3.05, 3.63) is 11.5 Å². The molecule has 1 aliphatic carbocycles. The Hall–Kier alpha value is -0.500. The second-order valence-electron chi connectivity index (χ2n) is 2.91. The summed E-state index contributed by atoms with van der Waals surface area (Å²) in [6, 6.07) is 0. The van der Waals surface area contributed by atoms with Gasteiger partial charge in [-0.25, -0.2) is 0 Å². The minimum Gasteiger partial charge on any atom is -0.459 e. The molecule has 0 saturated carbocycles. The molecule has 2 heteroatoms. The molecule has 48 valence electrons. The van der Waals surface area contributed by atoms with Crippen molar-refractivity contribution >= 4 is 0 Å². The first-order valence-corrected chi connectivity index (χ1v) is 3.47. The summed E-state index contributed by atoms with van der Waals surface area (Å²) >= 11 is 0. The van der Waals surface area contributed by atoms with Gasteiger partial charge in [0.15, 0.2) is 0 Å². The van der Waals surface area contributed by atoms with E-state index in [-0.39, 0.29) is 0 Å². The van der Waals surface area contributed by atoms with E-state index in [1.54, 1.807) is 0 Å². The zero-order valence-corrected chi connectivity index (χ0v) is 5.09. The van der Waals surface area contributed by atoms with Crippen LogP contribution >= 0.6 is 0 Å². The molecule has 2 unspecified atom stereocenters. The van der Waals surface area contributed by atoms with Crippen LogP contribution < -0.4 is 0 Å². The van der Waals surface area contributed by atoms with Gasteiger partial charge in [-0.1, -0.05) is 0 Å². The lowest BCUT2D eigenvalue weighted by molar-refractivity contribution is 0.283. The third-order valence-electron chi connectivity index (χ3n) is 2.29. The van der Waals surface area contributed by atoms with Gasteiger partial charge in [-0.2, -0.15) is 0 Å². The van der Waals surface area contributed by atoms with Crippen LogP contribution in [0, 0.1) is 5.92 Å². The molecular formula is C7H8O2. The summed E-state index contributed by atoms with van der Waals surface area (Å²) in [5, 5.41) is 0. The zero-order valence-electron chi connectivity index (χ0n) is 5.09. The van der Waals surface area contributed by atoms with Crippen LogP contribution in [0.5, 0.6) is 0 Å². The molecule has 0 bridgehead atoms. The van der Waals surface area contributed by atoms with Crippen molar-refractivity contribution in [3.8, 4) is 0 Å². The molecule has 0 amide bonds. The number of allylic oxidation sites excluding steroid dienone is 1. The van der Waals surface area contributed by atoms with E-state index < -0.39 is 0 Å². The van der Waals surface area contributed by atoms with E-state index in [1.165, 1.54) is 24.4 Å². The van der Waals surface area contributed by atoms with Gasteiger partial charge in [0.1, 0.15) is 11.5 Å². The van der Waals surface area contributed by atoms with E-state index in [1.807, 2.05) is 0 Å². The molecule has 1 fully saturated rings. The van der Waals surface area contributed by atoms with Crippen LogP contribution in [-0.2, 0) is 9.47 Å². The highest BCUT2D eigenvalue weighted by molar-refractivity contribution is 5.28. The van der Waals surface area contributed by atoms with E-state index in [9.17, 15) is 0 Å². The zero-order chi connectivity index (χ0) is 5.84. The Balaban J connectivity index is 1.85. The Kier molecular flexibility index (Phi) is 0.561. The first-order valence-electron chi connectivity index (χ1n) is 3.47. The second-order valence-corrected chi connectivity index (χ2v) is 2.91. The third kappa shape index (κ3) is 0.491. The van der Waals surface area contributed by atoms with Crippen LogP contribution in [0.2, 0.25) is 0 Å². The van der Waals surface area contributed by atoms with E-state index in [0.717, 1.165) is 6.61 Å². The molecule has 0 aromatic heterocycles. The van der Waals surface area contributed by atoms with Crippen molar-refractivity contribution in [1.82, 2.24) is 0 Å². The third-order valence-corrected chi connectivity index (χ3v) is 2.29. The summed E-state index contributed by atoms with van der Waals surface area (Å²) < 4.78 is 10.4. The largest absolute Gasteiger partial charge is 0.459 e. The molecular weight excluding hydrogens is 116 g/mol. The number of hydrogen-bond acceptors (Lipinski definition) is 2. The smallest absolute Gasteiger partial charge is 0.148 e. The van der Waals surface area contributed by atoms with Crippen LogP contribution in [-0.4, -0.2) is 12.7 Å². The summed E-state index contributed by atoms with van der Waals surface area (Å²) in [5.41, 5.74) is 0. The van der Waals surface area contributed by atoms with Crippen molar-refractivity contribution in [2.24, 2.45) is 5.92 Å². The Morgan fingerprint density at radius 3 is 2.78 bits per heavy atom. The molecule has 0 aromatic carbocycles. The van der Waals surface area contributed by atoms with Gasteiger partial charge in [0.05, 0.1) is 12.7 Å². The second kappa shape index (κ2) is 1.16. The molecule has 1 saturated heterocycles. The van der Waals surface area contributed by atoms with Gasteiger partial charge in [0.2, 0.25) is 0 Å². The van der Waals surface area contributed by atoms with Gasteiger partial charge in [-0.3, -0.25) is 0 Å². The van der Waals surface area contributed by atoms with Crippen molar-refractivity contribution in [2.75, 3.05) is 6.61 Å². The van der Waals surface area contributed by atoms with E-state index in [4.69, 9.17) is 9.47 Å². The van der Waals surface area contributed by atoms with Crippen LogP contribution in [0.1, 0.15) is 12.8 Å². The average molecular weight is 124 g/mol. The van der Waals surface area contributed by atoms with Crippen LogP contribution in [0.25, 0.3) is 0 Å². The molecule has 0 aromatic rings. The molecule has 3 rings (SSSR count). The molecule has 0 N–H and O–H groups in total. The quantitative estimate of drug-likeness (QED) is 0.488. The predicted octanol–water partition coefficient (Wildman–Crippen LogP) is 1.04. The summed E-state index contributed by atoms with van der Waals surface area (Å²) in [6.07, 6.45) is 2.97. The summed E-state index contributed by atoms with van der Waals surface area (Å²) in [4.78, 5) is 0. The monoisotopic (exact) mass is 124 g/mol. The lowest BCUT2D eigenvalue weighted by atomic mass is 10.1. The molecule has 9 heavy (non-hydrogen) atoms. The topological polar surface area (TPSA) is 25.1 Å². The minimum atomic E-state index is 0.528. The normalized spacial score (nSPS) is 44.4. The van der Waals surface area contributed by atoms with Crippen LogP contribution in [0.3, 0.4) is 0 Å². The first-order chi connectivity index (χ1) is 4.45. The fourth-order valence-corrected chi connectivity index (χ4v) is 1.62. The minimum absolute atomic E-state index is 0.528. The lowest BCUT2D eigenvalue weighted by Gasteiger charge is -2.04. The van der Waals surface area contributed by atoms with E-state index in [2.05, 4.69) is 0 Å². The summed E-state index contributed by atoms with van der Waals surface area (Å²) in [5.74, 6) is 3.17. The Labute approximate surface area is 53.4 Å². The summed E-state index contributed by atoms with van der Waals surface area (Å²) in [6.45, 7) is 0.963. The molecule has 0 radical (unpaired) electrons. The standard InChI is InChI=1S/C7H8O2/c1-2-5-7(9-5)4(1)6-3-8-6/h4,6H,1-3H2. The fraction of sp³-hybridized carbons (Fsp3) is 0.714. The average Bonchev–Trinajstić information content (AvgIpc) is 2.74. The Morgan fingerprint density at radius 1 is 1.44 bits per heavy atom. The maximum Gasteiger partial charge on any atom is 0.148 e. The first kappa shape index (κ1) is 4.34. The molecule has 2 nitrogen and oxygen atoms in total. The van der Waals surface area contributed by atoms with Crippen molar-refractivity contribution in [2.45, 2.75) is 18.9 Å². The maximum absolute atomic E-state index is 5.22. The molecule has 2 aliphatic heterocycles. The highest BCUT2D eigenvalue weighted by Crippen LogP contribution is 2.49. The number of hydrogen-bond donors (Lipinski definition) is 0. The Bertz CT molecular complexity index is 191. The van der Waals surface area contributed by atoms with Crippen molar-refractivity contribution in [3.63, 3.8) is 0 Å². The van der Waals surface area contributed by atoms with Gasteiger partial charge in [-0.05, 0) is 6.42 Å². The van der Waals surface area contributed by atoms with E-state index in [0.29, 0.717) is 12.0 Å². The van der Waals surface area contributed by atoms with Gasteiger partial charge in [0, 0.05) is 12.3 Å². The maximum atomic E-state index is 5.22. The van der Waals surface area contributed by atoms with Gasteiger partial charge in [0.25, 0.3) is 0 Å². The molecule has 2 heterocycles. The number of ether oxygens (including phenoxy) is 2. The van der Waals surface area contributed by atoms with Crippen LogP contribution in [0.15, 0.2) is 11.5 Å². The molecule has 0 spiro atoms. The fourth-order valence-electron chi connectivity index (χ4n) is 1.62. The lowest BCUT2D eigenvalue weighted by Crippen LogP contribution is -2.05. The highest BCUT2D eigenvalue weighted by atomic mass is 16.6. The van der Waals surface area contributed by atoms with Gasteiger partial charge >= 0.3 is 0 Å². The number of epoxide rings is 1. The molecule has 2 atom stereocenters. The van der Waals surface area contributed by atoms with Crippen molar-refractivity contribution < 1.29 is 9.47 Å². The van der Waals surface area contributed by atoms with Gasteiger partial charge in [-0.15, -0.1) is 0 Å². The molecule has 3 aliphatic rings. The predicted molar refractivity (Wildman–Crippen MR) is 30.6 cm³/mol. The highest BCUT2D eigenvalue weighted by Gasteiger charge is 2.47. The summed E-state index contributed by atoms with van der Waals surface area (Å²) in [7, 11) is 0. The van der Waals surface area contributed by atoms with Gasteiger partial charge < -0.3 is 9.47 Å². The SMILES string of the molecule is C1CC(C2CO2)C2=C1O2. The van der Waals surface area contributed by atoms with E-state index >= 15 is 0 Å². The van der Waals surface area contributed by atoms with Crippen molar-refractivity contribution in [1.29, 1.82) is 0 Å². The Morgan fingerprint density at radius 2 is 2.33 bits per heavy atom.